The largest absolute Gasteiger partial charge is 0.458 e. The van der Waals surface area contributed by atoms with Gasteiger partial charge in [0.15, 0.2) is 11.9 Å². The summed E-state index contributed by atoms with van der Waals surface area (Å²) in [6.45, 7) is 9.78. The van der Waals surface area contributed by atoms with E-state index in [1.165, 1.54) is 0 Å². The highest BCUT2D eigenvalue weighted by atomic mass is 16.6. The van der Waals surface area contributed by atoms with Crippen LogP contribution in [-0.4, -0.2) is 45.4 Å². The highest BCUT2D eigenvalue weighted by Gasteiger charge is 2.38. The van der Waals surface area contributed by atoms with E-state index in [2.05, 4.69) is 31.9 Å². The zero-order valence-electron chi connectivity index (χ0n) is 22.8. The predicted molar refractivity (Wildman–Crippen MR) is 147 cm³/mol. The van der Waals surface area contributed by atoms with Crippen LogP contribution in [0.5, 0.6) is 0 Å². The summed E-state index contributed by atoms with van der Waals surface area (Å²) in [5.74, 6) is 0.406. The number of amides is 1. The molecule has 1 aromatic carbocycles. The lowest BCUT2D eigenvalue weighted by Gasteiger charge is -2.29. The number of esters is 1. The monoisotopic (exact) mass is 534 g/mol. The number of ether oxygens (including phenoxy) is 2. The van der Waals surface area contributed by atoms with Crippen LogP contribution in [0.15, 0.2) is 35.3 Å². The van der Waals surface area contributed by atoms with Crippen molar-refractivity contribution in [1.29, 1.82) is 5.26 Å². The number of H-pyrrole nitrogens is 2. The molecule has 39 heavy (non-hydrogen) atoms. The Labute approximate surface area is 226 Å². The number of nitriles is 1. The maximum atomic E-state index is 12.0. The summed E-state index contributed by atoms with van der Waals surface area (Å²) in [4.78, 5) is 38.3. The standard InChI is InChI=1S/C16H15N5O2.C12H19NO3/c1-16(2)9-4-3-8(7-11(9)19-15(16)23)18-13-12-10(20-21-13)5-6-17-14(12)22;1-12(2,3)16-11(14)10-5-4-9(6-7-13)8-15-10/h3-7H,1-2H3,(H,17,22)(H,19,23)(H2,18,20,21);9-10H,4-6,8H2,1-3H3. The quantitative estimate of drug-likeness (QED) is 0.361. The number of hydrogen-bond donors (Lipinski definition) is 4. The number of aromatic nitrogens is 3. The topological polar surface area (TPSA) is 162 Å². The highest BCUT2D eigenvalue weighted by molar-refractivity contribution is 6.06. The van der Waals surface area contributed by atoms with Crippen LogP contribution < -0.4 is 16.2 Å². The third-order valence-electron chi connectivity index (χ3n) is 6.68. The Morgan fingerprint density at radius 1 is 1.26 bits per heavy atom. The Morgan fingerprint density at radius 3 is 2.69 bits per heavy atom. The van der Waals surface area contributed by atoms with Gasteiger partial charge in [-0.2, -0.15) is 10.4 Å². The molecule has 5 rings (SSSR count). The van der Waals surface area contributed by atoms with Gasteiger partial charge < -0.3 is 25.1 Å². The predicted octanol–water partition coefficient (Wildman–Crippen LogP) is 4.26. The normalized spacial score (nSPS) is 19.7. The van der Waals surface area contributed by atoms with Crippen LogP contribution >= 0.6 is 0 Å². The van der Waals surface area contributed by atoms with E-state index in [1.807, 2.05) is 52.8 Å². The molecule has 1 amide bonds. The fraction of sp³-hybridized carbons (Fsp3) is 0.464. The third kappa shape index (κ3) is 6.29. The molecular weight excluding hydrogens is 500 g/mol. The van der Waals surface area contributed by atoms with Crippen molar-refractivity contribution < 1.29 is 19.1 Å². The molecule has 0 aliphatic carbocycles. The van der Waals surface area contributed by atoms with Gasteiger partial charge in [0.2, 0.25) is 5.91 Å². The first kappa shape index (κ1) is 27.9. The minimum absolute atomic E-state index is 0.0219. The van der Waals surface area contributed by atoms with E-state index in [-0.39, 0.29) is 23.4 Å². The summed E-state index contributed by atoms with van der Waals surface area (Å²) < 4.78 is 10.7. The molecule has 11 nitrogen and oxygen atoms in total. The van der Waals surface area contributed by atoms with Gasteiger partial charge in [0.05, 0.1) is 23.6 Å². The summed E-state index contributed by atoms with van der Waals surface area (Å²) in [5, 5.41) is 22.0. The summed E-state index contributed by atoms with van der Waals surface area (Å²) in [6.07, 6.45) is 3.13. The number of aromatic amines is 2. The molecule has 0 bridgehead atoms. The number of pyridine rings is 1. The van der Waals surface area contributed by atoms with Gasteiger partial charge >= 0.3 is 5.97 Å². The molecule has 0 saturated carbocycles. The van der Waals surface area contributed by atoms with Gasteiger partial charge in [-0.3, -0.25) is 14.7 Å². The number of hydrogen-bond acceptors (Lipinski definition) is 8. The summed E-state index contributed by atoms with van der Waals surface area (Å²) in [7, 11) is 0. The average molecular weight is 535 g/mol. The number of fused-ring (bicyclic) bond motifs is 2. The van der Waals surface area contributed by atoms with E-state index in [0.717, 1.165) is 23.4 Å². The minimum Gasteiger partial charge on any atom is -0.458 e. The number of carbonyl (C=O) groups excluding carboxylic acids is 2. The van der Waals surface area contributed by atoms with E-state index < -0.39 is 17.1 Å². The first-order valence-corrected chi connectivity index (χ1v) is 12.9. The molecule has 2 aromatic heterocycles. The first-order chi connectivity index (χ1) is 18.4. The van der Waals surface area contributed by atoms with Crippen LogP contribution in [-0.2, 0) is 24.5 Å². The number of carbonyl (C=O) groups is 2. The van der Waals surface area contributed by atoms with Crippen molar-refractivity contribution in [3.8, 4) is 6.07 Å². The first-order valence-electron chi connectivity index (χ1n) is 12.9. The molecule has 11 heteroatoms. The van der Waals surface area contributed by atoms with E-state index in [9.17, 15) is 14.4 Å². The number of anilines is 3. The van der Waals surface area contributed by atoms with Gasteiger partial charge in [-0.05, 0) is 77.1 Å². The van der Waals surface area contributed by atoms with Crippen LogP contribution in [0.2, 0.25) is 0 Å². The van der Waals surface area contributed by atoms with E-state index in [1.54, 1.807) is 12.3 Å². The Morgan fingerprint density at radius 2 is 2.03 bits per heavy atom. The van der Waals surface area contributed by atoms with Crippen molar-refractivity contribution >= 4 is 40.0 Å². The number of nitrogens with one attached hydrogen (secondary N) is 4. The molecule has 0 spiro atoms. The lowest BCUT2D eigenvalue weighted by Crippen LogP contribution is -2.37. The van der Waals surface area contributed by atoms with Gasteiger partial charge in [-0.1, -0.05) is 6.07 Å². The van der Waals surface area contributed by atoms with E-state index >= 15 is 0 Å². The van der Waals surface area contributed by atoms with Crippen LogP contribution in [0.3, 0.4) is 0 Å². The van der Waals surface area contributed by atoms with Gasteiger partial charge in [0, 0.05) is 24.0 Å². The molecule has 2 unspecified atom stereocenters. The maximum Gasteiger partial charge on any atom is 0.335 e. The number of rotatable bonds is 4. The fourth-order valence-electron chi connectivity index (χ4n) is 4.53. The van der Waals surface area contributed by atoms with Crippen LogP contribution in [0, 0.1) is 17.2 Å². The van der Waals surface area contributed by atoms with E-state index in [0.29, 0.717) is 36.2 Å². The Hall–Kier alpha value is -4.17. The smallest absolute Gasteiger partial charge is 0.335 e. The molecule has 4 N–H and O–H groups in total. The van der Waals surface area contributed by atoms with Crippen molar-refractivity contribution in [2.75, 3.05) is 17.2 Å². The van der Waals surface area contributed by atoms with Gasteiger partial charge in [0.25, 0.3) is 5.56 Å². The van der Waals surface area contributed by atoms with Gasteiger partial charge in [-0.25, -0.2) is 4.79 Å². The molecule has 1 fully saturated rings. The van der Waals surface area contributed by atoms with E-state index in [4.69, 9.17) is 14.7 Å². The Balaban J connectivity index is 0.000000195. The molecule has 1 saturated heterocycles. The molecule has 2 aliphatic rings. The van der Waals surface area contributed by atoms with Crippen LogP contribution in [0.25, 0.3) is 10.9 Å². The second-order valence-electron chi connectivity index (χ2n) is 11.3. The Kier molecular flexibility index (Phi) is 7.79. The van der Waals surface area contributed by atoms with Crippen molar-refractivity contribution in [2.45, 2.75) is 71.0 Å². The zero-order chi connectivity index (χ0) is 28.4. The minimum atomic E-state index is -0.538. The second-order valence-corrected chi connectivity index (χ2v) is 11.3. The molecule has 2 atom stereocenters. The third-order valence-corrected chi connectivity index (χ3v) is 6.68. The molecule has 3 aromatic rings. The van der Waals surface area contributed by atoms with Gasteiger partial charge in [-0.15, -0.1) is 0 Å². The van der Waals surface area contributed by atoms with Crippen LogP contribution in [0.1, 0.15) is 59.4 Å². The molecule has 0 radical (unpaired) electrons. The zero-order valence-corrected chi connectivity index (χ0v) is 22.8. The Bertz CT molecular complexity index is 1470. The average Bonchev–Trinajstić information content (AvgIpc) is 3.37. The van der Waals surface area contributed by atoms with Crippen molar-refractivity contribution in [2.24, 2.45) is 5.92 Å². The SMILES string of the molecule is CC(C)(C)OC(=O)C1CCC(CC#N)CO1.CC1(C)C(=O)Nc2cc(Nc3n[nH]c4cc[nH]c(=O)c34)ccc21. The van der Waals surface area contributed by atoms with Crippen LogP contribution in [0.4, 0.5) is 17.2 Å². The molecule has 4 heterocycles. The summed E-state index contributed by atoms with van der Waals surface area (Å²) >= 11 is 0. The van der Waals surface area contributed by atoms with Crippen molar-refractivity contribution in [3.05, 3.63) is 46.4 Å². The molecule has 2 aliphatic heterocycles. The fourth-order valence-corrected chi connectivity index (χ4v) is 4.53. The summed E-state index contributed by atoms with van der Waals surface area (Å²) in [6, 6.07) is 9.51. The molecule has 206 valence electrons. The number of nitrogens with zero attached hydrogens (tertiary/aromatic N) is 2. The van der Waals surface area contributed by atoms with Crippen molar-refractivity contribution in [3.63, 3.8) is 0 Å². The maximum absolute atomic E-state index is 12.0. The van der Waals surface area contributed by atoms with Crippen molar-refractivity contribution in [1.82, 2.24) is 15.2 Å². The second kappa shape index (κ2) is 10.9. The highest BCUT2D eigenvalue weighted by Crippen LogP contribution is 2.39. The summed E-state index contributed by atoms with van der Waals surface area (Å²) in [5.41, 5.74) is 1.92. The number of benzene rings is 1. The lowest BCUT2D eigenvalue weighted by molar-refractivity contribution is -0.173. The van der Waals surface area contributed by atoms with Gasteiger partial charge in [0.1, 0.15) is 11.0 Å². The molecular formula is C28H34N6O5. The lowest BCUT2D eigenvalue weighted by atomic mass is 9.86.